The molecule has 9 aromatic rings. The van der Waals surface area contributed by atoms with Crippen LogP contribution in [0.15, 0.2) is 185 Å². The van der Waals surface area contributed by atoms with Gasteiger partial charge in [-0.3, -0.25) is 4.99 Å². The number of hydrogen-bond acceptors (Lipinski definition) is 3. The Labute approximate surface area is 289 Å². The zero-order valence-corrected chi connectivity index (χ0v) is 27.1. The van der Waals surface area contributed by atoms with E-state index in [0.29, 0.717) is 0 Å². The van der Waals surface area contributed by atoms with Crippen LogP contribution < -0.4 is 5.32 Å². The van der Waals surface area contributed by atoms with Gasteiger partial charge in [-0.15, -0.1) is 0 Å². The third kappa shape index (κ3) is 4.50. The summed E-state index contributed by atoms with van der Waals surface area (Å²) in [4.78, 5) is 5.45. The van der Waals surface area contributed by atoms with Crippen LogP contribution in [0.4, 0.5) is 0 Å². The molecule has 4 heteroatoms. The van der Waals surface area contributed by atoms with Crippen molar-refractivity contribution in [3.63, 3.8) is 0 Å². The van der Waals surface area contributed by atoms with Crippen LogP contribution in [0.25, 0.3) is 60.7 Å². The topological polar surface area (TPSA) is 42.5 Å². The smallest absolute Gasteiger partial charge is 0.145 e. The summed E-state index contributed by atoms with van der Waals surface area (Å²) in [6.45, 7) is 0. The van der Waals surface area contributed by atoms with Crippen LogP contribution in [0, 0.1) is 0 Å². The lowest BCUT2D eigenvalue weighted by molar-refractivity contribution is 0.665. The molecule has 10 rings (SSSR count). The summed E-state index contributed by atoms with van der Waals surface area (Å²) in [6, 6.07) is 61.8. The van der Waals surface area contributed by atoms with Gasteiger partial charge in [0.05, 0.1) is 22.4 Å². The van der Waals surface area contributed by atoms with Crippen LogP contribution in [-0.2, 0) is 0 Å². The van der Waals surface area contributed by atoms with Gasteiger partial charge in [-0.05, 0) is 47.0 Å². The Morgan fingerprint density at radius 2 is 1.14 bits per heavy atom. The van der Waals surface area contributed by atoms with E-state index in [2.05, 4.69) is 180 Å². The molecule has 0 saturated carbocycles. The number of benzene rings is 7. The van der Waals surface area contributed by atoms with Crippen molar-refractivity contribution < 1.29 is 4.42 Å². The minimum atomic E-state index is -0.251. The maximum Gasteiger partial charge on any atom is 0.145 e. The summed E-state index contributed by atoms with van der Waals surface area (Å²) in [6.07, 6.45) is -0.251. The second-order valence-corrected chi connectivity index (χ2v) is 12.7. The monoisotopic (exact) mass is 641 g/mol. The minimum Gasteiger partial charge on any atom is -0.456 e. The lowest BCUT2D eigenvalue weighted by atomic mass is 9.87. The Bertz CT molecular complexity index is 2720. The van der Waals surface area contributed by atoms with Crippen molar-refractivity contribution in [1.82, 2.24) is 9.88 Å². The molecule has 4 nitrogen and oxygen atoms in total. The summed E-state index contributed by atoms with van der Waals surface area (Å²) in [7, 11) is 0. The number of para-hydroxylation sites is 2. The number of furan rings is 1. The Morgan fingerprint density at radius 1 is 0.520 bits per heavy atom. The summed E-state index contributed by atoms with van der Waals surface area (Å²) in [5, 5.41) is 8.47. The fourth-order valence-corrected chi connectivity index (χ4v) is 7.62. The lowest BCUT2D eigenvalue weighted by Gasteiger charge is -2.30. The molecule has 2 aromatic heterocycles. The van der Waals surface area contributed by atoms with E-state index in [9.17, 15) is 0 Å². The summed E-state index contributed by atoms with van der Waals surface area (Å²) in [5.74, 6) is 0. The zero-order valence-electron chi connectivity index (χ0n) is 27.1. The highest BCUT2D eigenvalue weighted by Crippen LogP contribution is 2.42. The van der Waals surface area contributed by atoms with E-state index in [4.69, 9.17) is 9.41 Å². The van der Waals surface area contributed by atoms with E-state index >= 15 is 0 Å². The van der Waals surface area contributed by atoms with E-state index < -0.39 is 0 Å². The first-order valence-electron chi connectivity index (χ1n) is 17.0. The Morgan fingerprint density at radius 3 is 1.84 bits per heavy atom. The van der Waals surface area contributed by atoms with Crippen molar-refractivity contribution >= 4 is 60.7 Å². The summed E-state index contributed by atoms with van der Waals surface area (Å²) >= 11 is 0. The fraction of sp³-hybridized carbons (Fsp3) is 0.0217. The first kappa shape index (κ1) is 28.4. The predicted molar refractivity (Wildman–Crippen MR) is 207 cm³/mol. The van der Waals surface area contributed by atoms with Gasteiger partial charge in [-0.2, -0.15) is 0 Å². The number of fused-ring (bicyclic) bond motifs is 6. The van der Waals surface area contributed by atoms with Gasteiger partial charge in [0.25, 0.3) is 0 Å². The molecule has 50 heavy (non-hydrogen) atoms. The number of hydrogen-bond donors (Lipinski definition) is 1. The average Bonchev–Trinajstić information content (AvgIpc) is 3.74. The van der Waals surface area contributed by atoms with Gasteiger partial charge in [0.15, 0.2) is 0 Å². The van der Waals surface area contributed by atoms with Crippen LogP contribution >= 0.6 is 0 Å². The fourth-order valence-electron chi connectivity index (χ4n) is 7.62. The van der Waals surface area contributed by atoms with Crippen LogP contribution in [0.3, 0.4) is 0 Å². The van der Waals surface area contributed by atoms with E-state index in [1.54, 1.807) is 0 Å². The van der Waals surface area contributed by atoms with Crippen molar-refractivity contribution in [2.45, 2.75) is 6.17 Å². The standard InChI is InChI=1S/C46H31N3O/c1-4-15-30(16-5-1)44-43(45(31-17-6-2-7-18-31)48-46(47-44)32-19-8-3-9-20-32)37-23-14-26-40-42(37)36-28-27-33(29-41(36)50-40)49-38-24-12-10-21-34(38)35-22-11-13-25-39(35)49/h1-29,46-47H. The van der Waals surface area contributed by atoms with Crippen molar-refractivity contribution in [2.75, 3.05) is 0 Å². The van der Waals surface area contributed by atoms with E-state index in [1.807, 2.05) is 6.07 Å². The molecule has 1 atom stereocenters. The zero-order chi connectivity index (χ0) is 33.0. The number of nitrogens with zero attached hydrogens (tertiary/aromatic N) is 2. The molecule has 3 heterocycles. The molecule has 0 saturated heterocycles. The molecular weight excluding hydrogens is 611 g/mol. The van der Waals surface area contributed by atoms with Gasteiger partial charge < -0.3 is 14.3 Å². The molecule has 0 spiro atoms. The summed E-state index contributed by atoms with van der Waals surface area (Å²) in [5.41, 5.74) is 12.5. The normalized spacial score (nSPS) is 14.8. The van der Waals surface area contributed by atoms with Gasteiger partial charge in [0.1, 0.15) is 17.3 Å². The van der Waals surface area contributed by atoms with Crippen LogP contribution in [-0.4, -0.2) is 10.3 Å². The van der Waals surface area contributed by atoms with Gasteiger partial charge in [0.2, 0.25) is 0 Å². The molecule has 0 radical (unpaired) electrons. The molecule has 1 aliphatic heterocycles. The number of aliphatic imine (C=N–C) groups is 1. The van der Waals surface area contributed by atoms with E-state index in [1.165, 1.54) is 21.8 Å². The largest absolute Gasteiger partial charge is 0.456 e. The maximum absolute atomic E-state index is 6.72. The number of aromatic nitrogens is 1. The summed E-state index contributed by atoms with van der Waals surface area (Å²) < 4.78 is 9.06. The van der Waals surface area contributed by atoms with Crippen LogP contribution in [0.2, 0.25) is 0 Å². The molecule has 0 fully saturated rings. The average molecular weight is 642 g/mol. The number of allylic oxidation sites excluding steroid dienone is 1. The third-order valence-corrected chi connectivity index (χ3v) is 9.84. The highest BCUT2D eigenvalue weighted by atomic mass is 16.3. The Balaban J connectivity index is 1.23. The first-order chi connectivity index (χ1) is 24.8. The highest BCUT2D eigenvalue weighted by Gasteiger charge is 2.29. The SMILES string of the molecule is c1ccc(C2=NC(c3ccccc3)NC(c3ccccc3)=C2c2cccc3oc4cc(-n5c6ccccc6c6ccccc65)ccc4c23)cc1. The lowest BCUT2D eigenvalue weighted by Crippen LogP contribution is -2.28. The molecule has 1 unspecified atom stereocenters. The molecule has 0 bridgehead atoms. The highest BCUT2D eigenvalue weighted by molar-refractivity contribution is 6.39. The second-order valence-electron chi connectivity index (χ2n) is 12.7. The molecule has 1 aliphatic rings. The van der Waals surface area contributed by atoms with Crippen LogP contribution in [0.1, 0.15) is 28.4 Å². The van der Waals surface area contributed by atoms with Crippen LogP contribution in [0.5, 0.6) is 0 Å². The quantitative estimate of drug-likeness (QED) is 0.203. The Kier molecular flexibility index (Phi) is 6.53. The van der Waals surface area contributed by atoms with Gasteiger partial charge in [-0.25, -0.2) is 0 Å². The molecular formula is C46H31N3O. The van der Waals surface area contributed by atoms with Gasteiger partial charge >= 0.3 is 0 Å². The number of rotatable bonds is 5. The number of nitrogens with one attached hydrogen (secondary N) is 1. The van der Waals surface area contributed by atoms with Crippen molar-refractivity contribution in [3.8, 4) is 5.69 Å². The van der Waals surface area contributed by atoms with E-state index in [0.717, 1.165) is 66.9 Å². The minimum absolute atomic E-state index is 0.251. The second kappa shape index (κ2) is 11.5. The van der Waals surface area contributed by atoms with Gasteiger partial charge in [-0.1, -0.05) is 140 Å². The predicted octanol–water partition coefficient (Wildman–Crippen LogP) is 11.3. The first-order valence-corrected chi connectivity index (χ1v) is 17.0. The maximum atomic E-state index is 6.72. The van der Waals surface area contributed by atoms with Crippen molar-refractivity contribution in [1.29, 1.82) is 0 Å². The third-order valence-electron chi connectivity index (χ3n) is 9.84. The molecule has 1 N–H and O–H groups in total. The Hall–Kier alpha value is -6.65. The molecule has 0 amide bonds. The van der Waals surface area contributed by atoms with E-state index in [-0.39, 0.29) is 6.17 Å². The van der Waals surface area contributed by atoms with Gasteiger partial charge in [0, 0.05) is 44.4 Å². The molecule has 7 aromatic carbocycles. The molecule has 0 aliphatic carbocycles. The molecule has 236 valence electrons. The van der Waals surface area contributed by atoms with Crippen molar-refractivity contribution in [2.24, 2.45) is 4.99 Å². The van der Waals surface area contributed by atoms with Crippen molar-refractivity contribution in [3.05, 3.63) is 198 Å².